The molecule has 3 rings (SSSR count). The number of fused-ring (bicyclic) bond motifs is 1. The summed E-state index contributed by atoms with van der Waals surface area (Å²) in [5.74, 6) is 0.246. The lowest BCUT2D eigenvalue weighted by Gasteiger charge is -2.05. The van der Waals surface area contributed by atoms with E-state index in [1.165, 1.54) is 6.07 Å². The summed E-state index contributed by atoms with van der Waals surface area (Å²) in [4.78, 5) is 30.1. The average molecular weight is 284 g/mol. The van der Waals surface area contributed by atoms with Crippen LogP contribution in [0.3, 0.4) is 0 Å². The zero-order valence-electron chi connectivity index (χ0n) is 11.2. The predicted molar refractivity (Wildman–Crippen MR) is 74.7 cm³/mol. The fraction of sp³-hybridized carbons (Fsp3) is 0.154. The van der Waals surface area contributed by atoms with Crippen LogP contribution in [0.15, 0.2) is 29.1 Å². The standard InChI is InChI=1S/C13H12N6O2/c1-7-15-9(5-12(20)16-7)6-14-13(21)8-2-3-10-11(4-8)18-19-17-10/h2-5H,6H2,1H3,(H,14,21)(H,15,16,20)(H,17,18,19). The maximum absolute atomic E-state index is 12.1. The average Bonchev–Trinajstić information content (AvgIpc) is 2.91. The molecule has 0 radical (unpaired) electrons. The molecule has 0 spiro atoms. The lowest BCUT2D eigenvalue weighted by Crippen LogP contribution is -2.24. The van der Waals surface area contributed by atoms with E-state index in [4.69, 9.17) is 0 Å². The van der Waals surface area contributed by atoms with Gasteiger partial charge in [0.15, 0.2) is 0 Å². The van der Waals surface area contributed by atoms with Crippen molar-refractivity contribution in [2.75, 3.05) is 0 Å². The number of H-pyrrole nitrogens is 2. The molecule has 2 aromatic heterocycles. The van der Waals surface area contributed by atoms with Gasteiger partial charge >= 0.3 is 0 Å². The summed E-state index contributed by atoms with van der Waals surface area (Å²) in [7, 11) is 0. The highest BCUT2D eigenvalue weighted by Gasteiger charge is 2.08. The maximum atomic E-state index is 12.1. The van der Waals surface area contributed by atoms with Crippen molar-refractivity contribution in [2.45, 2.75) is 13.5 Å². The summed E-state index contributed by atoms with van der Waals surface area (Å²) in [6.45, 7) is 1.87. The van der Waals surface area contributed by atoms with E-state index < -0.39 is 0 Å². The molecule has 8 nitrogen and oxygen atoms in total. The van der Waals surface area contributed by atoms with Crippen LogP contribution in [-0.4, -0.2) is 31.3 Å². The van der Waals surface area contributed by atoms with Gasteiger partial charge in [-0.05, 0) is 25.1 Å². The molecule has 0 saturated carbocycles. The van der Waals surface area contributed by atoms with Crippen molar-refractivity contribution < 1.29 is 4.79 Å². The molecule has 3 aromatic rings. The second-order valence-electron chi connectivity index (χ2n) is 4.53. The quantitative estimate of drug-likeness (QED) is 0.638. The molecule has 3 N–H and O–H groups in total. The number of nitrogens with one attached hydrogen (secondary N) is 3. The minimum atomic E-state index is -0.264. The van der Waals surface area contributed by atoms with E-state index in [-0.39, 0.29) is 18.0 Å². The van der Waals surface area contributed by atoms with Gasteiger partial charge in [-0.15, -0.1) is 0 Å². The van der Waals surface area contributed by atoms with Gasteiger partial charge < -0.3 is 10.3 Å². The topological polar surface area (TPSA) is 116 Å². The van der Waals surface area contributed by atoms with Crippen LogP contribution < -0.4 is 10.9 Å². The van der Waals surface area contributed by atoms with Gasteiger partial charge in [0, 0.05) is 11.6 Å². The van der Waals surface area contributed by atoms with Crippen LogP contribution >= 0.6 is 0 Å². The highest BCUT2D eigenvalue weighted by molar-refractivity contribution is 5.97. The second kappa shape index (κ2) is 5.16. The molecule has 0 aliphatic carbocycles. The van der Waals surface area contributed by atoms with Crippen LogP contribution in [0.5, 0.6) is 0 Å². The van der Waals surface area contributed by atoms with Crippen molar-refractivity contribution in [1.82, 2.24) is 30.7 Å². The number of benzene rings is 1. The second-order valence-corrected chi connectivity index (χ2v) is 4.53. The van der Waals surface area contributed by atoms with Gasteiger partial charge in [0.1, 0.15) is 16.9 Å². The van der Waals surface area contributed by atoms with Gasteiger partial charge in [-0.2, -0.15) is 15.4 Å². The lowest BCUT2D eigenvalue weighted by atomic mass is 10.2. The van der Waals surface area contributed by atoms with E-state index in [0.717, 1.165) is 0 Å². The van der Waals surface area contributed by atoms with Crippen molar-refractivity contribution in [3.8, 4) is 0 Å². The van der Waals surface area contributed by atoms with E-state index in [0.29, 0.717) is 28.1 Å². The summed E-state index contributed by atoms with van der Waals surface area (Å²) in [5, 5.41) is 13.1. The van der Waals surface area contributed by atoms with Crippen molar-refractivity contribution in [3.63, 3.8) is 0 Å². The Morgan fingerprint density at radius 3 is 2.86 bits per heavy atom. The number of hydrogen-bond acceptors (Lipinski definition) is 5. The van der Waals surface area contributed by atoms with Gasteiger partial charge in [0.25, 0.3) is 11.5 Å². The Labute approximate surface area is 118 Å². The van der Waals surface area contributed by atoms with Crippen molar-refractivity contribution in [2.24, 2.45) is 0 Å². The van der Waals surface area contributed by atoms with Gasteiger partial charge in [-0.1, -0.05) is 0 Å². The molecule has 0 bridgehead atoms. The Kier molecular flexibility index (Phi) is 3.19. The fourth-order valence-electron chi connectivity index (χ4n) is 1.99. The minimum absolute atomic E-state index is 0.181. The third kappa shape index (κ3) is 2.78. The molecule has 1 amide bonds. The predicted octanol–water partition coefficient (Wildman–Crippen LogP) is 0.280. The number of rotatable bonds is 3. The Balaban J connectivity index is 1.75. The largest absolute Gasteiger partial charge is 0.346 e. The summed E-state index contributed by atoms with van der Waals surface area (Å²) < 4.78 is 0. The molecule has 0 unspecified atom stereocenters. The van der Waals surface area contributed by atoms with E-state index in [1.54, 1.807) is 25.1 Å². The number of amides is 1. The molecule has 1 aromatic carbocycles. The first-order valence-electron chi connectivity index (χ1n) is 6.27. The first-order valence-corrected chi connectivity index (χ1v) is 6.27. The molecule has 0 fully saturated rings. The summed E-state index contributed by atoms with van der Waals surface area (Å²) in [5.41, 5.74) is 2.05. The Morgan fingerprint density at radius 2 is 2.05 bits per heavy atom. The van der Waals surface area contributed by atoms with Crippen LogP contribution in [0.2, 0.25) is 0 Å². The molecule has 0 atom stereocenters. The zero-order valence-corrected chi connectivity index (χ0v) is 11.2. The van der Waals surface area contributed by atoms with Crippen LogP contribution in [-0.2, 0) is 6.54 Å². The van der Waals surface area contributed by atoms with Crippen molar-refractivity contribution >= 4 is 16.9 Å². The van der Waals surface area contributed by atoms with E-state index in [1.807, 2.05) is 0 Å². The number of carbonyl (C=O) groups is 1. The molecular weight excluding hydrogens is 272 g/mol. The summed E-state index contributed by atoms with van der Waals surface area (Å²) in [6, 6.07) is 6.37. The molecule has 0 saturated heterocycles. The number of carbonyl (C=O) groups excluding carboxylic acids is 1. The Morgan fingerprint density at radius 1 is 1.24 bits per heavy atom. The number of nitrogens with zero attached hydrogens (tertiary/aromatic N) is 3. The van der Waals surface area contributed by atoms with Gasteiger partial charge in [-0.25, -0.2) is 4.98 Å². The number of aromatic amines is 2. The molecule has 106 valence electrons. The number of aryl methyl sites for hydroxylation is 1. The zero-order chi connectivity index (χ0) is 14.8. The molecule has 8 heteroatoms. The fourth-order valence-corrected chi connectivity index (χ4v) is 1.99. The van der Waals surface area contributed by atoms with E-state index in [2.05, 4.69) is 30.7 Å². The Hall–Kier alpha value is -3.03. The molecule has 21 heavy (non-hydrogen) atoms. The first kappa shape index (κ1) is 13.0. The van der Waals surface area contributed by atoms with Crippen LogP contribution in [0.25, 0.3) is 11.0 Å². The normalized spacial score (nSPS) is 10.7. The first-order chi connectivity index (χ1) is 10.1. The highest BCUT2D eigenvalue weighted by atomic mass is 16.1. The summed E-state index contributed by atoms with van der Waals surface area (Å²) in [6.07, 6.45) is 0. The summed E-state index contributed by atoms with van der Waals surface area (Å²) >= 11 is 0. The number of hydrogen-bond donors (Lipinski definition) is 3. The number of aromatic nitrogens is 5. The highest BCUT2D eigenvalue weighted by Crippen LogP contribution is 2.10. The van der Waals surface area contributed by atoms with Crippen LogP contribution in [0.1, 0.15) is 21.9 Å². The monoisotopic (exact) mass is 284 g/mol. The Bertz CT molecular complexity index is 866. The molecule has 2 heterocycles. The third-order valence-electron chi connectivity index (χ3n) is 2.92. The van der Waals surface area contributed by atoms with Gasteiger partial charge in [0.2, 0.25) is 0 Å². The smallest absolute Gasteiger partial charge is 0.251 e. The molecule has 0 aliphatic rings. The molecule has 0 aliphatic heterocycles. The van der Waals surface area contributed by atoms with Crippen LogP contribution in [0, 0.1) is 6.92 Å². The van der Waals surface area contributed by atoms with E-state index >= 15 is 0 Å². The van der Waals surface area contributed by atoms with Gasteiger partial charge in [0.05, 0.1) is 12.2 Å². The molecular formula is C13H12N6O2. The van der Waals surface area contributed by atoms with Gasteiger partial charge in [-0.3, -0.25) is 9.59 Å². The van der Waals surface area contributed by atoms with Crippen molar-refractivity contribution in [3.05, 3.63) is 51.7 Å². The third-order valence-corrected chi connectivity index (χ3v) is 2.92. The SMILES string of the molecule is Cc1nc(CNC(=O)c2ccc3n[nH]nc3c2)cc(=O)[nH]1. The van der Waals surface area contributed by atoms with Crippen molar-refractivity contribution in [1.29, 1.82) is 0 Å². The lowest BCUT2D eigenvalue weighted by molar-refractivity contribution is 0.0950. The van der Waals surface area contributed by atoms with Crippen LogP contribution in [0.4, 0.5) is 0 Å². The minimum Gasteiger partial charge on any atom is -0.346 e. The van der Waals surface area contributed by atoms with E-state index in [9.17, 15) is 9.59 Å². The maximum Gasteiger partial charge on any atom is 0.251 e.